The summed E-state index contributed by atoms with van der Waals surface area (Å²) in [5, 5.41) is 43.3. The molecule has 0 aliphatic heterocycles. The third-order valence-corrected chi connectivity index (χ3v) is 6.25. The van der Waals surface area contributed by atoms with Crippen LogP contribution in [0.1, 0.15) is 82.9 Å². The molecule has 17 heteroatoms. The molecule has 0 atom stereocenters. The summed E-state index contributed by atoms with van der Waals surface area (Å²) in [4.78, 5) is 87.0. The van der Waals surface area contributed by atoms with Crippen LogP contribution in [0.25, 0.3) is 0 Å². The van der Waals surface area contributed by atoms with Crippen LogP contribution in [-0.2, 0) is 16.8 Å². The van der Waals surface area contributed by atoms with Gasteiger partial charge in [-0.15, -0.1) is 0 Å². The van der Waals surface area contributed by atoms with Crippen molar-refractivity contribution in [3.63, 3.8) is 0 Å². The largest absolute Gasteiger partial charge is 0.504 e. The summed E-state index contributed by atoms with van der Waals surface area (Å²) in [6, 6.07) is 23.8. The Morgan fingerprint density at radius 3 is 0.566 bits per heavy atom. The number of benzene rings is 4. The fraction of sp³-hybridized carbons (Fsp3) is 0. The van der Waals surface area contributed by atoms with Gasteiger partial charge < -0.3 is 41.7 Å². The molecule has 4 rings (SSSR count). The van der Waals surface area contributed by atoms with E-state index in [1.807, 2.05) is 0 Å². The zero-order chi connectivity index (χ0) is 39.4. The van der Waals surface area contributed by atoms with Gasteiger partial charge in [-0.1, -0.05) is 48.5 Å². The molecule has 0 unspecified atom stereocenters. The first kappa shape index (κ1) is 46.1. The summed E-state index contributed by atoms with van der Waals surface area (Å²) in [7, 11) is 12.7. The van der Waals surface area contributed by atoms with Gasteiger partial charge in [-0.25, -0.2) is 19.2 Å². The van der Waals surface area contributed by atoms with E-state index in [-0.39, 0.29) is 61.3 Å². The molecular weight excluding hydrogens is 739 g/mol. The third-order valence-electron chi connectivity index (χ3n) is 6.25. The van der Waals surface area contributed by atoms with Gasteiger partial charge in [-0.3, -0.25) is 47.4 Å². The number of carbonyl (C=O) groups excluding carboxylic acids is 4. The van der Waals surface area contributed by atoms with E-state index in [0.717, 1.165) is 0 Å². The van der Waals surface area contributed by atoms with Crippen molar-refractivity contribution in [2.75, 3.05) is 0 Å². The van der Waals surface area contributed by atoms with Crippen molar-refractivity contribution in [2.24, 2.45) is 0 Å². The Morgan fingerprint density at radius 1 is 0.321 bits per heavy atom. The number of rotatable bonds is 8. The predicted molar refractivity (Wildman–Crippen MR) is 185 cm³/mol. The molecule has 1 radical (unpaired) electrons. The van der Waals surface area contributed by atoms with E-state index >= 15 is 0 Å². The summed E-state index contributed by atoms with van der Waals surface area (Å²) >= 11 is 0. The summed E-state index contributed by atoms with van der Waals surface area (Å²) < 4.78 is 0. The molecular formula is C36H32CoN4O12-4. The number of aromatic carboxylic acids is 4. The number of hydrogen-bond donors (Lipinski definition) is 8. The average molecular weight is 772 g/mol. The number of carboxylic acid groups (broad SMARTS) is 4. The van der Waals surface area contributed by atoms with Crippen LogP contribution in [-0.4, -0.2) is 67.9 Å². The molecule has 53 heavy (non-hydrogen) atoms. The topological polar surface area (TPSA) is 266 Å². The third kappa shape index (κ3) is 14.1. The van der Waals surface area contributed by atoms with Crippen LogP contribution in [0.4, 0.5) is 0 Å². The molecule has 0 saturated carbocycles. The molecule has 0 spiro atoms. The Balaban J connectivity index is 0.000000676. The minimum atomic E-state index is -1.13. The number of nitrogens with one attached hydrogen (secondary N) is 4. The first-order chi connectivity index (χ1) is 24.7. The summed E-state index contributed by atoms with van der Waals surface area (Å²) in [5.74, 6) is -6.51. The normalized spacial score (nSPS) is 9.13. The maximum Gasteiger partial charge on any atom is 0.336 e. The molecule has 4 amide bonds. The van der Waals surface area contributed by atoms with E-state index in [0.29, 0.717) is 0 Å². The van der Waals surface area contributed by atoms with Crippen molar-refractivity contribution in [3.05, 3.63) is 170 Å². The zero-order valence-corrected chi connectivity index (χ0v) is 28.5. The van der Waals surface area contributed by atoms with Gasteiger partial charge in [0, 0.05) is 16.8 Å². The van der Waals surface area contributed by atoms with Crippen LogP contribution in [0.15, 0.2) is 97.1 Å². The second kappa shape index (κ2) is 23.5. The van der Waals surface area contributed by atoms with Crippen molar-refractivity contribution in [2.45, 2.75) is 0 Å². The van der Waals surface area contributed by atoms with Gasteiger partial charge in [0.25, 0.3) is 0 Å². The quantitative estimate of drug-likeness (QED) is 0.119. The monoisotopic (exact) mass is 771 g/mol. The van der Waals surface area contributed by atoms with Crippen molar-refractivity contribution in [1.82, 2.24) is 21.3 Å². The van der Waals surface area contributed by atoms with Crippen LogP contribution in [0.5, 0.6) is 0 Å². The van der Waals surface area contributed by atoms with Gasteiger partial charge in [-0.2, -0.15) is 0 Å². The Hall–Kier alpha value is -6.85. The second-order valence-electron chi connectivity index (χ2n) is 9.43. The Morgan fingerprint density at radius 2 is 0.453 bits per heavy atom. The van der Waals surface area contributed by atoms with Gasteiger partial charge in [-0.05, 0) is 48.5 Å². The minimum absolute atomic E-state index is 0. The Kier molecular flexibility index (Phi) is 20.5. The molecule has 0 aliphatic carbocycles. The van der Waals surface area contributed by atoms with Gasteiger partial charge in [0.2, 0.25) is 23.6 Å². The Bertz CT molecular complexity index is 1670. The molecule has 0 fully saturated rings. The van der Waals surface area contributed by atoms with Crippen molar-refractivity contribution in [3.8, 4) is 0 Å². The standard InChI is InChI=1S/4C9H8NO3.Co/c4*1-10-8(11)6-4-2-3-5-7(6)9(12)13;/h4*2-5H,1H2,(H,10,11)(H,12,13);/q4*-1;. The van der Waals surface area contributed by atoms with Crippen molar-refractivity contribution in [1.29, 1.82) is 0 Å². The molecule has 0 heterocycles. The van der Waals surface area contributed by atoms with Crippen molar-refractivity contribution >= 4 is 47.5 Å². The van der Waals surface area contributed by atoms with Crippen LogP contribution >= 0.6 is 0 Å². The molecule has 0 bridgehead atoms. The minimum Gasteiger partial charge on any atom is -0.504 e. The van der Waals surface area contributed by atoms with Crippen LogP contribution < -0.4 is 21.3 Å². The van der Waals surface area contributed by atoms with Crippen LogP contribution in [0.2, 0.25) is 0 Å². The van der Waals surface area contributed by atoms with E-state index in [1.165, 1.54) is 48.5 Å². The zero-order valence-electron chi connectivity index (χ0n) is 27.5. The SMILES string of the molecule is [CH2-]NC(=O)c1ccccc1C(=O)O.[CH2-]NC(=O)c1ccccc1C(=O)O.[CH2-]NC(=O)c1ccccc1C(=O)O.[CH2-]NC(=O)c1ccccc1C(=O)O.[Co]. The van der Waals surface area contributed by atoms with Gasteiger partial charge >= 0.3 is 23.9 Å². The van der Waals surface area contributed by atoms with Crippen molar-refractivity contribution < 1.29 is 75.6 Å². The molecule has 4 aromatic rings. The van der Waals surface area contributed by atoms with Gasteiger partial charge in [0.1, 0.15) is 0 Å². The van der Waals surface area contributed by atoms with Gasteiger partial charge in [0.15, 0.2) is 0 Å². The maximum absolute atomic E-state index is 11.1. The molecule has 16 nitrogen and oxygen atoms in total. The molecule has 0 aromatic heterocycles. The van der Waals surface area contributed by atoms with E-state index < -0.39 is 47.5 Å². The van der Waals surface area contributed by atoms with Gasteiger partial charge in [0.05, 0.1) is 44.5 Å². The average Bonchev–Trinajstić information content (AvgIpc) is 3.17. The molecule has 281 valence electrons. The fourth-order valence-corrected chi connectivity index (χ4v) is 3.85. The molecule has 0 aliphatic rings. The number of amides is 4. The first-order valence-corrected chi connectivity index (χ1v) is 14.3. The van der Waals surface area contributed by atoms with Crippen LogP contribution in [0, 0.1) is 28.2 Å². The first-order valence-electron chi connectivity index (χ1n) is 14.3. The number of hydrogen-bond acceptors (Lipinski definition) is 8. The van der Waals surface area contributed by atoms with E-state index in [2.05, 4.69) is 49.5 Å². The number of carbonyl (C=O) groups is 8. The smallest absolute Gasteiger partial charge is 0.336 e. The summed E-state index contributed by atoms with van der Waals surface area (Å²) in [5.41, 5.74) is 0.365. The maximum atomic E-state index is 11.1. The molecule has 4 aromatic carbocycles. The summed E-state index contributed by atoms with van der Waals surface area (Å²) in [6.45, 7) is 0. The second-order valence-corrected chi connectivity index (χ2v) is 9.43. The Labute approximate surface area is 313 Å². The molecule has 8 N–H and O–H groups in total. The number of carboxylic acids is 4. The fourth-order valence-electron chi connectivity index (χ4n) is 3.85. The van der Waals surface area contributed by atoms with E-state index in [9.17, 15) is 38.4 Å². The summed E-state index contributed by atoms with van der Waals surface area (Å²) in [6.07, 6.45) is 0. The van der Waals surface area contributed by atoms with Crippen LogP contribution in [0.3, 0.4) is 0 Å². The molecule has 0 saturated heterocycles. The van der Waals surface area contributed by atoms with E-state index in [1.54, 1.807) is 48.5 Å². The van der Waals surface area contributed by atoms with E-state index in [4.69, 9.17) is 20.4 Å². The predicted octanol–water partition coefficient (Wildman–Crippen LogP) is 3.62.